The zero-order chi connectivity index (χ0) is 21.5. The molecule has 31 heavy (non-hydrogen) atoms. The van der Waals surface area contributed by atoms with Crippen LogP contribution in [0.4, 0.5) is 10.5 Å². The van der Waals surface area contributed by atoms with E-state index in [1.54, 1.807) is 0 Å². The molecule has 1 unspecified atom stereocenters. The second kappa shape index (κ2) is 7.58. The lowest BCUT2D eigenvalue weighted by Gasteiger charge is -2.32. The van der Waals surface area contributed by atoms with E-state index in [9.17, 15) is 14.4 Å². The first-order chi connectivity index (χ1) is 15.0. The van der Waals surface area contributed by atoms with Crippen LogP contribution in [-0.2, 0) is 27.2 Å². The van der Waals surface area contributed by atoms with E-state index in [0.717, 1.165) is 30.4 Å². The predicted molar refractivity (Wildman–Crippen MR) is 114 cm³/mol. The maximum atomic E-state index is 12.9. The Bertz CT molecular complexity index is 1120. The van der Waals surface area contributed by atoms with Crippen molar-refractivity contribution in [2.75, 3.05) is 18.5 Å². The summed E-state index contributed by atoms with van der Waals surface area (Å²) in [6.07, 6.45) is 3.22. The minimum atomic E-state index is -0.589. The molecule has 0 bridgehead atoms. The van der Waals surface area contributed by atoms with Crippen LogP contribution in [0.15, 0.2) is 53.7 Å². The molecule has 2 heterocycles. The molecule has 2 aromatic rings. The van der Waals surface area contributed by atoms with E-state index in [-0.39, 0.29) is 19.1 Å². The predicted octanol–water partition coefficient (Wildman–Crippen LogP) is 3.00. The standard InChI is InChI=1S/C24H23N3O4/c1-14-5-7-16(8-6-14)22-21-19(13-31-23(21)29)27(24(30)26-22)12-20(28)25-18-10-9-15-3-2-4-17(15)11-18/h5-11,22H,2-4,12-13H2,1H3,(H,25,28)(H,26,30). The van der Waals surface area contributed by atoms with Gasteiger partial charge in [-0.3, -0.25) is 9.69 Å². The topological polar surface area (TPSA) is 87.7 Å². The number of anilines is 1. The zero-order valence-corrected chi connectivity index (χ0v) is 17.2. The van der Waals surface area contributed by atoms with Gasteiger partial charge >= 0.3 is 12.0 Å². The molecule has 0 saturated carbocycles. The number of nitrogens with zero attached hydrogens (tertiary/aromatic N) is 1. The first-order valence-electron chi connectivity index (χ1n) is 10.5. The number of carbonyl (C=O) groups is 3. The smallest absolute Gasteiger partial charge is 0.338 e. The van der Waals surface area contributed by atoms with Crippen LogP contribution in [0.3, 0.4) is 0 Å². The van der Waals surface area contributed by atoms with Gasteiger partial charge in [-0.15, -0.1) is 0 Å². The third kappa shape index (κ3) is 3.56. The van der Waals surface area contributed by atoms with Gasteiger partial charge < -0.3 is 15.4 Å². The third-order valence-electron chi connectivity index (χ3n) is 6.09. The van der Waals surface area contributed by atoms with Gasteiger partial charge in [0.1, 0.15) is 13.2 Å². The molecule has 0 aromatic heterocycles. The fourth-order valence-electron chi connectivity index (χ4n) is 4.48. The average molecular weight is 417 g/mol. The van der Waals surface area contributed by atoms with Gasteiger partial charge in [-0.1, -0.05) is 35.9 Å². The summed E-state index contributed by atoms with van der Waals surface area (Å²) in [5.74, 6) is -0.794. The van der Waals surface area contributed by atoms with Crippen LogP contribution in [0.1, 0.15) is 34.7 Å². The molecule has 3 aliphatic rings. The van der Waals surface area contributed by atoms with Gasteiger partial charge in [0.15, 0.2) is 0 Å². The lowest BCUT2D eigenvalue weighted by Crippen LogP contribution is -2.49. The van der Waals surface area contributed by atoms with Crippen LogP contribution in [0.2, 0.25) is 0 Å². The summed E-state index contributed by atoms with van der Waals surface area (Å²) in [5.41, 5.74) is 6.01. The Morgan fingerprint density at radius 3 is 2.71 bits per heavy atom. The number of carbonyl (C=O) groups excluding carboxylic acids is 3. The number of fused-ring (bicyclic) bond motifs is 1. The van der Waals surface area contributed by atoms with Crippen molar-refractivity contribution >= 4 is 23.6 Å². The summed E-state index contributed by atoms with van der Waals surface area (Å²) in [5, 5.41) is 5.73. The number of ether oxygens (including phenoxy) is 1. The molecule has 2 aromatic carbocycles. The molecule has 7 heteroatoms. The van der Waals surface area contributed by atoms with Crippen LogP contribution in [0, 0.1) is 6.92 Å². The number of benzene rings is 2. The lowest BCUT2D eigenvalue weighted by molar-refractivity contribution is -0.136. The number of amides is 3. The third-order valence-corrected chi connectivity index (χ3v) is 6.09. The number of aryl methyl sites for hydroxylation is 3. The summed E-state index contributed by atoms with van der Waals surface area (Å²) in [7, 11) is 0. The highest BCUT2D eigenvalue weighted by Crippen LogP contribution is 2.35. The minimum Gasteiger partial charge on any atom is -0.456 e. The van der Waals surface area contributed by atoms with E-state index in [2.05, 4.69) is 10.6 Å². The molecule has 0 spiro atoms. The SMILES string of the molecule is Cc1ccc(C2NC(=O)N(CC(=O)Nc3ccc4c(c3)CCC4)C3=C2C(=O)OC3)cc1. The van der Waals surface area contributed by atoms with Crippen LogP contribution in [0.5, 0.6) is 0 Å². The van der Waals surface area contributed by atoms with Crippen molar-refractivity contribution in [3.8, 4) is 0 Å². The summed E-state index contributed by atoms with van der Waals surface area (Å²) in [6.45, 7) is 1.76. The fraction of sp³-hybridized carbons (Fsp3) is 0.292. The van der Waals surface area contributed by atoms with Gasteiger partial charge in [-0.25, -0.2) is 9.59 Å². The maximum Gasteiger partial charge on any atom is 0.338 e. The second-order valence-electron chi connectivity index (χ2n) is 8.20. The minimum absolute atomic E-state index is 0.0178. The molecule has 158 valence electrons. The summed E-state index contributed by atoms with van der Waals surface area (Å²) in [4.78, 5) is 39.3. The van der Waals surface area contributed by atoms with Crippen molar-refractivity contribution < 1.29 is 19.1 Å². The van der Waals surface area contributed by atoms with E-state index in [4.69, 9.17) is 4.74 Å². The first-order valence-corrected chi connectivity index (χ1v) is 10.5. The lowest BCUT2D eigenvalue weighted by atomic mass is 9.95. The Kier molecular flexibility index (Phi) is 4.73. The largest absolute Gasteiger partial charge is 0.456 e. The number of hydrogen-bond acceptors (Lipinski definition) is 4. The van der Waals surface area contributed by atoms with E-state index in [1.807, 2.05) is 49.4 Å². The molecule has 3 amide bonds. The fourth-order valence-corrected chi connectivity index (χ4v) is 4.48. The number of nitrogens with one attached hydrogen (secondary N) is 2. The summed E-state index contributed by atoms with van der Waals surface area (Å²) in [6, 6.07) is 12.5. The number of hydrogen-bond donors (Lipinski definition) is 2. The Morgan fingerprint density at radius 2 is 1.90 bits per heavy atom. The van der Waals surface area contributed by atoms with Crippen LogP contribution >= 0.6 is 0 Å². The molecule has 5 rings (SSSR count). The number of rotatable bonds is 4. The highest BCUT2D eigenvalue weighted by Gasteiger charge is 2.42. The Balaban J connectivity index is 1.37. The van der Waals surface area contributed by atoms with Gasteiger partial charge in [0.25, 0.3) is 0 Å². The van der Waals surface area contributed by atoms with Crippen molar-refractivity contribution in [1.29, 1.82) is 0 Å². The summed E-state index contributed by atoms with van der Waals surface area (Å²) >= 11 is 0. The van der Waals surface area contributed by atoms with E-state index < -0.39 is 18.0 Å². The highest BCUT2D eigenvalue weighted by atomic mass is 16.5. The van der Waals surface area contributed by atoms with Crippen molar-refractivity contribution in [3.63, 3.8) is 0 Å². The number of cyclic esters (lactones) is 1. The molecule has 7 nitrogen and oxygen atoms in total. The number of esters is 1. The Hall–Kier alpha value is -3.61. The normalized spacial score (nSPS) is 19.6. The molecule has 2 N–H and O–H groups in total. The second-order valence-corrected chi connectivity index (χ2v) is 8.20. The maximum absolute atomic E-state index is 12.9. The van der Waals surface area contributed by atoms with Crippen molar-refractivity contribution in [2.45, 2.75) is 32.2 Å². The average Bonchev–Trinajstić information content (AvgIpc) is 3.37. The van der Waals surface area contributed by atoms with Gasteiger partial charge in [0.05, 0.1) is 17.3 Å². The Labute approximate surface area is 180 Å². The monoisotopic (exact) mass is 417 g/mol. The zero-order valence-electron chi connectivity index (χ0n) is 17.2. The van der Waals surface area contributed by atoms with Gasteiger partial charge in [0, 0.05) is 5.69 Å². The molecular weight excluding hydrogens is 394 g/mol. The molecule has 0 fully saturated rings. The quantitative estimate of drug-likeness (QED) is 0.749. The van der Waals surface area contributed by atoms with Gasteiger partial charge in [-0.05, 0) is 55.0 Å². The van der Waals surface area contributed by atoms with Crippen molar-refractivity contribution in [2.24, 2.45) is 0 Å². The molecule has 0 saturated heterocycles. The van der Waals surface area contributed by atoms with E-state index in [1.165, 1.54) is 16.0 Å². The molecule has 1 aliphatic carbocycles. The highest BCUT2D eigenvalue weighted by molar-refractivity contribution is 6.00. The van der Waals surface area contributed by atoms with Crippen LogP contribution in [-0.4, -0.2) is 36.0 Å². The molecule has 0 radical (unpaired) electrons. The van der Waals surface area contributed by atoms with Gasteiger partial charge in [-0.2, -0.15) is 0 Å². The molecular formula is C24H23N3O4. The van der Waals surface area contributed by atoms with E-state index in [0.29, 0.717) is 17.0 Å². The van der Waals surface area contributed by atoms with Crippen LogP contribution < -0.4 is 10.6 Å². The summed E-state index contributed by atoms with van der Waals surface area (Å²) < 4.78 is 5.23. The Morgan fingerprint density at radius 1 is 1.13 bits per heavy atom. The molecule has 2 aliphatic heterocycles. The van der Waals surface area contributed by atoms with Crippen molar-refractivity contribution in [3.05, 3.63) is 76.0 Å². The first kappa shape index (κ1) is 19.4. The van der Waals surface area contributed by atoms with Crippen LogP contribution in [0.25, 0.3) is 0 Å². The number of urea groups is 1. The molecule has 1 atom stereocenters. The van der Waals surface area contributed by atoms with Gasteiger partial charge in [0.2, 0.25) is 5.91 Å². The van der Waals surface area contributed by atoms with Crippen molar-refractivity contribution in [1.82, 2.24) is 10.2 Å². The van der Waals surface area contributed by atoms with E-state index >= 15 is 0 Å².